The summed E-state index contributed by atoms with van der Waals surface area (Å²) in [6, 6.07) is 17.0. The molecule has 0 saturated carbocycles. The molecule has 1 aliphatic heterocycles. The molecule has 1 fully saturated rings. The Bertz CT molecular complexity index is 946. The number of rotatable bonds is 5. The maximum absolute atomic E-state index is 12.0. The number of benzene rings is 2. The van der Waals surface area contributed by atoms with E-state index in [0.717, 1.165) is 48.4 Å². The third kappa shape index (κ3) is 3.68. The van der Waals surface area contributed by atoms with Gasteiger partial charge in [-0.3, -0.25) is 14.8 Å². The van der Waals surface area contributed by atoms with Crippen LogP contribution < -0.4 is 0 Å². The summed E-state index contributed by atoms with van der Waals surface area (Å²) in [6.07, 6.45) is 1.72. The monoisotopic (exact) mass is 376 g/mol. The molecule has 1 unspecified atom stereocenters. The number of aromatic nitrogens is 3. The zero-order valence-corrected chi connectivity index (χ0v) is 15.9. The summed E-state index contributed by atoms with van der Waals surface area (Å²) in [7, 11) is 0. The fraction of sp³-hybridized carbons (Fsp3) is 0.318. The van der Waals surface area contributed by atoms with E-state index < -0.39 is 12.0 Å². The van der Waals surface area contributed by atoms with Crippen LogP contribution in [0.4, 0.5) is 0 Å². The van der Waals surface area contributed by atoms with E-state index in [9.17, 15) is 9.90 Å². The Morgan fingerprint density at radius 2 is 1.79 bits per heavy atom. The van der Waals surface area contributed by atoms with Gasteiger partial charge in [-0.2, -0.15) is 5.10 Å². The Balaban J connectivity index is 1.46. The molecule has 0 bridgehead atoms. The van der Waals surface area contributed by atoms with Gasteiger partial charge in [0.05, 0.1) is 0 Å². The molecular formula is C22H24N4O2. The average Bonchev–Trinajstić information content (AvgIpc) is 3.21. The van der Waals surface area contributed by atoms with E-state index >= 15 is 0 Å². The maximum atomic E-state index is 12.0. The molecule has 2 aromatic carbocycles. The number of carboxylic acid groups (broad SMARTS) is 1. The maximum Gasteiger partial charge on any atom is 0.325 e. The van der Waals surface area contributed by atoms with Crippen molar-refractivity contribution in [3.63, 3.8) is 0 Å². The summed E-state index contributed by atoms with van der Waals surface area (Å²) in [5.41, 5.74) is 2.88. The zero-order valence-electron chi connectivity index (χ0n) is 15.9. The van der Waals surface area contributed by atoms with Gasteiger partial charge < -0.3 is 5.11 Å². The molecule has 0 spiro atoms. The fourth-order valence-corrected chi connectivity index (χ4v) is 3.98. The second-order valence-corrected chi connectivity index (χ2v) is 7.32. The van der Waals surface area contributed by atoms with E-state index in [1.165, 1.54) is 0 Å². The molecule has 3 aromatic rings. The quantitative estimate of drug-likeness (QED) is 0.708. The molecular weight excluding hydrogens is 352 g/mol. The topological polar surface area (TPSA) is 82.1 Å². The van der Waals surface area contributed by atoms with Crippen LogP contribution in [-0.4, -0.2) is 44.2 Å². The Morgan fingerprint density at radius 3 is 2.46 bits per heavy atom. The predicted octanol–water partition coefficient (Wildman–Crippen LogP) is 3.79. The van der Waals surface area contributed by atoms with E-state index in [2.05, 4.69) is 20.1 Å². The number of hydrogen-bond acceptors (Lipinski definition) is 4. The van der Waals surface area contributed by atoms with Crippen LogP contribution >= 0.6 is 0 Å². The number of nitrogens with zero attached hydrogens (tertiary/aromatic N) is 3. The number of nitrogens with one attached hydrogen (secondary N) is 1. The van der Waals surface area contributed by atoms with Gasteiger partial charge >= 0.3 is 5.97 Å². The molecule has 0 aliphatic carbocycles. The standard InChI is InChI=1S/C22H24N4O2/c1-15-7-5-6-10-18(15)19(22(27)28)26-13-11-17(12-14-26)21-23-20(24-25-21)16-8-3-2-4-9-16/h2-10,17,19H,11-14H2,1H3,(H,27,28)(H,23,24,25). The van der Waals surface area contributed by atoms with Crippen LogP contribution in [-0.2, 0) is 4.79 Å². The van der Waals surface area contributed by atoms with Gasteiger partial charge in [0.15, 0.2) is 5.82 Å². The number of aromatic amines is 1. The highest BCUT2D eigenvalue weighted by Crippen LogP contribution is 2.32. The van der Waals surface area contributed by atoms with Crippen molar-refractivity contribution in [3.05, 3.63) is 71.5 Å². The van der Waals surface area contributed by atoms with Crippen LogP contribution in [0.5, 0.6) is 0 Å². The van der Waals surface area contributed by atoms with Gasteiger partial charge in [0.25, 0.3) is 0 Å². The molecule has 4 rings (SSSR count). The van der Waals surface area contributed by atoms with Crippen molar-refractivity contribution in [2.45, 2.75) is 31.7 Å². The highest BCUT2D eigenvalue weighted by atomic mass is 16.4. The van der Waals surface area contributed by atoms with Gasteiger partial charge in [0.2, 0.25) is 0 Å². The van der Waals surface area contributed by atoms with Crippen molar-refractivity contribution in [2.75, 3.05) is 13.1 Å². The van der Waals surface area contributed by atoms with Gasteiger partial charge in [0, 0.05) is 11.5 Å². The predicted molar refractivity (Wildman–Crippen MR) is 107 cm³/mol. The molecule has 6 nitrogen and oxygen atoms in total. The lowest BCUT2D eigenvalue weighted by molar-refractivity contribution is -0.144. The minimum Gasteiger partial charge on any atom is -0.480 e. The minimum atomic E-state index is -0.793. The smallest absolute Gasteiger partial charge is 0.325 e. The Kier molecular flexibility index (Phi) is 5.21. The lowest BCUT2D eigenvalue weighted by atomic mass is 9.92. The minimum absolute atomic E-state index is 0.271. The van der Waals surface area contributed by atoms with Crippen LogP contribution in [0.25, 0.3) is 11.4 Å². The van der Waals surface area contributed by atoms with Gasteiger partial charge in [-0.25, -0.2) is 4.98 Å². The highest BCUT2D eigenvalue weighted by molar-refractivity contribution is 5.76. The molecule has 1 aliphatic rings. The normalized spacial score (nSPS) is 16.8. The third-order valence-corrected chi connectivity index (χ3v) is 5.53. The Morgan fingerprint density at radius 1 is 1.11 bits per heavy atom. The van der Waals surface area contributed by atoms with Crippen molar-refractivity contribution < 1.29 is 9.90 Å². The average molecular weight is 376 g/mol. The molecule has 0 amide bonds. The summed E-state index contributed by atoms with van der Waals surface area (Å²) < 4.78 is 0. The fourth-order valence-electron chi connectivity index (χ4n) is 3.98. The van der Waals surface area contributed by atoms with E-state index in [1.54, 1.807) is 0 Å². The highest BCUT2D eigenvalue weighted by Gasteiger charge is 2.33. The van der Waals surface area contributed by atoms with Gasteiger partial charge in [0.1, 0.15) is 11.9 Å². The lowest BCUT2D eigenvalue weighted by Gasteiger charge is -2.35. The first kappa shape index (κ1) is 18.4. The Labute approximate surface area is 164 Å². The number of aryl methyl sites for hydroxylation is 1. The van der Waals surface area contributed by atoms with Crippen molar-refractivity contribution in [1.29, 1.82) is 0 Å². The zero-order chi connectivity index (χ0) is 19.5. The SMILES string of the molecule is Cc1ccccc1C(C(=O)O)N1CCC(c2nc(-c3ccccc3)n[nH]2)CC1. The van der Waals surface area contributed by atoms with Crippen molar-refractivity contribution in [2.24, 2.45) is 0 Å². The molecule has 1 saturated heterocycles. The van der Waals surface area contributed by atoms with E-state index in [4.69, 9.17) is 0 Å². The van der Waals surface area contributed by atoms with Crippen LogP contribution in [0.1, 0.15) is 41.8 Å². The molecule has 6 heteroatoms. The summed E-state index contributed by atoms with van der Waals surface area (Å²) in [5, 5.41) is 17.3. The molecule has 1 atom stereocenters. The van der Waals surface area contributed by atoms with Crippen molar-refractivity contribution >= 4 is 5.97 Å². The summed E-state index contributed by atoms with van der Waals surface area (Å²) >= 11 is 0. The van der Waals surface area contributed by atoms with Crippen LogP contribution in [0.15, 0.2) is 54.6 Å². The first-order chi connectivity index (χ1) is 13.6. The summed E-state index contributed by atoms with van der Waals surface area (Å²) in [4.78, 5) is 18.7. The summed E-state index contributed by atoms with van der Waals surface area (Å²) in [6.45, 7) is 3.41. The molecule has 0 radical (unpaired) electrons. The van der Waals surface area contributed by atoms with Gasteiger partial charge in [-0.05, 0) is 44.0 Å². The van der Waals surface area contributed by atoms with Crippen LogP contribution in [0.2, 0.25) is 0 Å². The summed E-state index contributed by atoms with van der Waals surface area (Å²) in [5.74, 6) is 1.08. The number of piperidine rings is 1. The second-order valence-electron chi connectivity index (χ2n) is 7.32. The first-order valence-corrected chi connectivity index (χ1v) is 9.63. The third-order valence-electron chi connectivity index (χ3n) is 5.53. The second kappa shape index (κ2) is 7.94. The van der Waals surface area contributed by atoms with Gasteiger partial charge in [-0.1, -0.05) is 54.6 Å². The van der Waals surface area contributed by atoms with E-state index in [1.807, 2.05) is 61.5 Å². The molecule has 1 aromatic heterocycles. The number of likely N-dealkylation sites (tertiary alicyclic amines) is 1. The van der Waals surface area contributed by atoms with E-state index in [-0.39, 0.29) is 5.92 Å². The van der Waals surface area contributed by atoms with Gasteiger partial charge in [-0.15, -0.1) is 0 Å². The van der Waals surface area contributed by atoms with Crippen LogP contribution in [0.3, 0.4) is 0 Å². The van der Waals surface area contributed by atoms with Crippen molar-refractivity contribution in [1.82, 2.24) is 20.1 Å². The molecule has 2 heterocycles. The van der Waals surface area contributed by atoms with E-state index in [0.29, 0.717) is 5.82 Å². The largest absolute Gasteiger partial charge is 0.480 e. The van der Waals surface area contributed by atoms with Crippen molar-refractivity contribution in [3.8, 4) is 11.4 Å². The number of aliphatic carboxylic acids is 1. The molecule has 28 heavy (non-hydrogen) atoms. The number of carbonyl (C=O) groups is 1. The Hall–Kier alpha value is -2.99. The first-order valence-electron chi connectivity index (χ1n) is 9.63. The molecule has 144 valence electrons. The van der Waals surface area contributed by atoms with Crippen LogP contribution in [0, 0.1) is 6.92 Å². The number of carboxylic acids is 1. The molecule has 2 N–H and O–H groups in total. The lowest BCUT2D eigenvalue weighted by Crippen LogP contribution is -2.40. The number of H-pyrrole nitrogens is 1. The number of hydrogen-bond donors (Lipinski definition) is 2.